The maximum absolute atomic E-state index is 12.7. The summed E-state index contributed by atoms with van der Waals surface area (Å²) in [4.78, 5) is 17.4. The topological polar surface area (TPSA) is 68.5 Å². The molecule has 6 nitrogen and oxygen atoms in total. The number of methoxy groups -OCH3 is 1. The van der Waals surface area contributed by atoms with Gasteiger partial charge in [0, 0.05) is 6.54 Å². The summed E-state index contributed by atoms with van der Waals surface area (Å²) in [6.07, 6.45) is 1.66. The van der Waals surface area contributed by atoms with Gasteiger partial charge in [-0.2, -0.15) is 5.10 Å². The highest BCUT2D eigenvalue weighted by atomic mass is 16.5. The maximum atomic E-state index is 12.7. The van der Waals surface area contributed by atoms with Crippen LogP contribution >= 0.6 is 0 Å². The fourth-order valence-corrected chi connectivity index (χ4v) is 3.02. The lowest BCUT2D eigenvalue weighted by Gasteiger charge is -2.19. The molecule has 6 heteroatoms. The van der Waals surface area contributed by atoms with E-state index in [1.807, 2.05) is 48.5 Å². The number of rotatable bonds is 3. The van der Waals surface area contributed by atoms with Crippen molar-refractivity contribution in [2.45, 2.75) is 19.4 Å². The van der Waals surface area contributed by atoms with E-state index < -0.39 is 0 Å². The zero-order chi connectivity index (χ0) is 17.2. The fraction of sp³-hybridized carbons (Fsp3) is 0.211. The van der Waals surface area contributed by atoms with Gasteiger partial charge in [-0.1, -0.05) is 12.1 Å². The molecule has 0 unspecified atom stereocenters. The fourth-order valence-electron chi connectivity index (χ4n) is 3.02. The minimum Gasteiger partial charge on any atom is -0.497 e. The van der Waals surface area contributed by atoms with Gasteiger partial charge in [0.15, 0.2) is 5.82 Å². The van der Waals surface area contributed by atoms with E-state index in [2.05, 4.69) is 15.5 Å². The van der Waals surface area contributed by atoms with Crippen molar-refractivity contribution in [3.63, 3.8) is 0 Å². The van der Waals surface area contributed by atoms with Crippen LogP contribution in [0.2, 0.25) is 0 Å². The number of anilines is 1. The quantitative estimate of drug-likeness (QED) is 0.748. The molecule has 0 saturated carbocycles. The minimum atomic E-state index is -0.00236. The lowest BCUT2D eigenvalue weighted by Crippen LogP contribution is -2.32. The van der Waals surface area contributed by atoms with Crippen molar-refractivity contribution in [1.82, 2.24) is 9.55 Å². The Hall–Kier alpha value is -3.15. The van der Waals surface area contributed by atoms with Crippen LogP contribution in [0, 0.1) is 0 Å². The average molecular weight is 334 g/mol. The number of para-hydroxylation sites is 1. The molecule has 0 spiro atoms. The summed E-state index contributed by atoms with van der Waals surface area (Å²) >= 11 is 0. The van der Waals surface area contributed by atoms with Crippen LogP contribution in [0.15, 0.2) is 58.4 Å². The molecule has 0 fully saturated rings. The summed E-state index contributed by atoms with van der Waals surface area (Å²) < 4.78 is 6.88. The van der Waals surface area contributed by atoms with E-state index in [0.717, 1.165) is 30.0 Å². The Morgan fingerprint density at radius 1 is 1.16 bits per heavy atom. The van der Waals surface area contributed by atoms with E-state index in [1.165, 1.54) is 0 Å². The normalized spacial score (nSPS) is 15.2. The Kier molecular flexibility index (Phi) is 3.93. The van der Waals surface area contributed by atoms with E-state index >= 15 is 0 Å². The van der Waals surface area contributed by atoms with E-state index in [4.69, 9.17) is 4.74 Å². The molecule has 0 aliphatic carbocycles. The highest BCUT2D eigenvalue weighted by molar-refractivity contribution is 5.99. The van der Waals surface area contributed by atoms with Crippen molar-refractivity contribution in [2.24, 2.45) is 5.10 Å². The Morgan fingerprint density at radius 3 is 2.76 bits per heavy atom. The van der Waals surface area contributed by atoms with Crippen LogP contribution < -0.4 is 15.7 Å². The van der Waals surface area contributed by atoms with Gasteiger partial charge in [0.2, 0.25) is 0 Å². The van der Waals surface area contributed by atoms with Gasteiger partial charge in [0.1, 0.15) is 11.5 Å². The molecule has 126 valence electrons. The minimum absolute atomic E-state index is 0.00236. The third-order valence-electron chi connectivity index (χ3n) is 4.33. The maximum Gasteiger partial charge on any atom is 0.261 e. The van der Waals surface area contributed by atoms with Crippen LogP contribution in [0.1, 0.15) is 18.7 Å². The van der Waals surface area contributed by atoms with Gasteiger partial charge in [-0.25, -0.2) is 4.98 Å². The smallest absolute Gasteiger partial charge is 0.261 e. The lowest BCUT2D eigenvalue weighted by molar-refractivity contribution is 0.415. The SMILES string of the molecule is COc1ccc(N/N=C2/CCCn3c2nc2ccccc2c3=O)cc1. The van der Waals surface area contributed by atoms with Gasteiger partial charge in [-0.3, -0.25) is 14.8 Å². The highest BCUT2D eigenvalue weighted by Gasteiger charge is 2.20. The van der Waals surface area contributed by atoms with Gasteiger partial charge < -0.3 is 4.74 Å². The number of nitrogens with zero attached hydrogens (tertiary/aromatic N) is 3. The number of hydrogen-bond donors (Lipinski definition) is 1. The van der Waals surface area contributed by atoms with Crippen molar-refractivity contribution in [3.8, 4) is 5.75 Å². The zero-order valence-electron chi connectivity index (χ0n) is 13.9. The van der Waals surface area contributed by atoms with Crippen LogP contribution in [0.5, 0.6) is 5.75 Å². The Morgan fingerprint density at radius 2 is 1.96 bits per heavy atom. The summed E-state index contributed by atoms with van der Waals surface area (Å²) in [5.41, 5.74) is 5.41. The molecule has 2 aromatic carbocycles. The first-order valence-electron chi connectivity index (χ1n) is 8.23. The highest BCUT2D eigenvalue weighted by Crippen LogP contribution is 2.18. The number of aromatic nitrogens is 2. The number of fused-ring (bicyclic) bond motifs is 2. The molecule has 1 aliphatic rings. The van der Waals surface area contributed by atoms with Gasteiger partial charge in [0.05, 0.1) is 23.7 Å². The molecule has 4 rings (SSSR count). The van der Waals surface area contributed by atoms with Crippen molar-refractivity contribution < 1.29 is 4.74 Å². The summed E-state index contributed by atoms with van der Waals surface area (Å²) in [7, 11) is 1.63. The molecule has 0 saturated heterocycles. The van der Waals surface area contributed by atoms with Crippen LogP contribution in [-0.2, 0) is 6.54 Å². The number of benzene rings is 2. The first-order valence-corrected chi connectivity index (χ1v) is 8.23. The Bertz CT molecular complexity index is 1010. The van der Waals surface area contributed by atoms with Gasteiger partial charge in [0.25, 0.3) is 5.56 Å². The molecule has 3 aromatic rings. The van der Waals surface area contributed by atoms with Crippen LogP contribution in [-0.4, -0.2) is 22.4 Å². The van der Waals surface area contributed by atoms with E-state index in [9.17, 15) is 4.79 Å². The molecule has 25 heavy (non-hydrogen) atoms. The number of hydrazone groups is 1. The van der Waals surface area contributed by atoms with Crippen molar-refractivity contribution >= 4 is 22.3 Å². The molecular formula is C19H18N4O2. The molecule has 0 radical (unpaired) electrons. The number of hydrogen-bond acceptors (Lipinski definition) is 5. The largest absolute Gasteiger partial charge is 0.497 e. The van der Waals surface area contributed by atoms with E-state index in [1.54, 1.807) is 11.7 Å². The van der Waals surface area contributed by atoms with Crippen molar-refractivity contribution in [2.75, 3.05) is 12.5 Å². The van der Waals surface area contributed by atoms with Gasteiger partial charge >= 0.3 is 0 Å². The summed E-state index contributed by atoms with van der Waals surface area (Å²) in [5, 5.41) is 5.15. The van der Waals surface area contributed by atoms with E-state index in [-0.39, 0.29) is 5.56 Å². The van der Waals surface area contributed by atoms with Crippen LogP contribution in [0.3, 0.4) is 0 Å². The van der Waals surface area contributed by atoms with Crippen molar-refractivity contribution in [3.05, 3.63) is 64.7 Å². The second-order valence-corrected chi connectivity index (χ2v) is 5.91. The second kappa shape index (κ2) is 6.39. The summed E-state index contributed by atoms with van der Waals surface area (Å²) in [6.45, 7) is 0.674. The van der Waals surface area contributed by atoms with Gasteiger partial charge in [-0.15, -0.1) is 0 Å². The predicted molar refractivity (Wildman–Crippen MR) is 98.4 cm³/mol. The van der Waals surface area contributed by atoms with Crippen LogP contribution in [0.25, 0.3) is 10.9 Å². The third-order valence-corrected chi connectivity index (χ3v) is 4.33. The number of ether oxygens (including phenoxy) is 1. The Balaban J connectivity index is 1.72. The summed E-state index contributed by atoms with van der Waals surface area (Å²) in [6, 6.07) is 15.0. The Labute approximate surface area is 144 Å². The van der Waals surface area contributed by atoms with E-state index in [0.29, 0.717) is 23.3 Å². The number of nitrogens with one attached hydrogen (secondary N) is 1. The zero-order valence-corrected chi connectivity index (χ0v) is 13.9. The first-order chi connectivity index (χ1) is 12.3. The molecule has 1 aromatic heterocycles. The molecule has 0 bridgehead atoms. The first kappa shape index (κ1) is 15.4. The van der Waals surface area contributed by atoms with Crippen LogP contribution in [0.4, 0.5) is 5.69 Å². The average Bonchev–Trinajstić information content (AvgIpc) is 2.67. The standard InChI is InChI=1S/C19H18N4O2/c1-25-14-10-8-13(9-11-14)21-22-17-7-4-12-23-18(17)20-16-6-3-2-5-15(16)19(23)24/h2-3,5-6,8-11,21H,4,7,12H2,1H3/b22-17-. The predicted octanol–water partition coefficient (Wildman–Crippen LogP) is 3.02. The molecule has 0 amide bonds. The molecule has 1 N–H and O–H groups in total. The molecule has 0 atom stereocenters. The third kappa shape index (κ3) is 2.87. The molecular weight excluding hydrogens is 316 g/mol. The van der Waals surface area contributed by atoms with Gasteiger partial charge in [-0.05, 0) is 49.2 Å². The monoisotopic (exact) mass is 334 g/mol. The molecule has 2 heterocycles. The molecule has 1 aliphatic heterocycles. The second-order valence-electron chi connectivity index (χ2n) is 5.91. The lowest BCUT2D eigenvalue weighted by atomic mass is 10.1. The van der Waals surface area contributed by atoms with Crippen molar-refractivity contribution in [1.29, 1.82) is 0 Å². The summed E-state index contributed by atoms with van der Waals surface area (Å²) in [5.74, 6) is 1.44.